The van der Waals surface area contributed by atoms with Crippen molar-refractivity contribution in [3.63, 3.8) is 0 Å². The van der Waals surface area contributed by atoms with Gasteiger partial charge in [0, 0.05) is 20.9 Å². The van der Waals surface area contributed by atoms with Crippen LogP contribution < -0.4 is 5.73 Å². The fourth-order valence-electron chi connectivity index (χ4n) is 2.45. The van der Waals surface area contributed by atoms with Crippen LogP contribution in [0.2, 0.25) is 5.02 Å². The van der Waals surface area contributed by atoms with E-state index in [-0.39, 0.29) is 0 Å². The number of benzene rings is 1. The van der Waals surface area contributed by atoms with E-state index in [9.17, 15) is 0 Å². The first-order valence-corrected chi connectivity index (χ1v) is 7.66. The molecule has 0 bridgehead atoms. The topological polar surface area (TPSA) is 26.0 Å². The summed E-state index contributed by atoms with van der Waals surface area (Å²) >= 11 is 7.92. The number of hydrogen-bond donors (Lipinski definition) is 1. The lowest BCUT2D eigenvalue weighted by Gasteiger charge is -2.27. The first-order chi connectivity index (χ1) is 8.19. The molecule has 0 aliphatic heterocycles. The van der Waals surface area contributed by atoms with Crippen molar-refractivity contribution in [1.82, 2.24) is 0 Å². The summed E-state index contributed by atoms with van der Waals surface area (Å²) in [5.41, 5.74) is 6.84. The van der Waals surface area contributed by atoms with Crippen LogP contribution in [0, 0.1) is 5.92 Å². The van der Waals surface area contributed by atoms with Gasteiger partial charge in [-0.2, -0.15) is 0 Å². The molecule has 3 heteroatoms. The van der Waals surface area contributed by atoms with E-state index in [1.54, 1.807) is 0 Å². The minimum atomic E-state index is 0.721. The molecule has 1 saturated carbocycles. The van der Waals surface area contributed by atoms with Gasteiger partial charge in [-0.3, -0.25) is 0 Å². The molecule has 1 aliphatic carbocycles. The first kappa shape index (κ1) is 13.1. The van der Waals surface area contributed by atoms with Crippen molar-refractivity contribution in [1.29, 1.82) is 0 Å². The molecular weight excluding hydrogens is 250 g/mol. The molecule has 1 aromatic carbocycles. The third-order valence-electron chi connectivity index (χ3n) is 3.64. The number of halogens is 1. The van der Waals surface area contributed by atoms with Gasteiger partial charge in [-0.25, -0.2) is 0 Å². The van der Waals surface area contributed by atoms with Gasteiger partial charge < -0.3 is 5.73 Å². The van der Waals surface area contributed by atoms with Gasteiger partial charge >= 0.3 is 0 Å². The molecular formula is C14H20ClNS. The SMILES string of the molecule is CCC1CCC(Sc2cc(Cl)ccc2N)CC1. The number of hydrogen-bond acceptors (Lipinski definition) is 2. The minimum Gasteiger partial charge on any atom is -0.398 e. The summed E-state index contributed by atoms with van der Waals surface area (Å²) in [6.07, 6.45) is 6.70. The van der Waals surface area contributed by atoms with E-state index in [1.807, 2.05) is 30.0 Å². The highest BCUT2D eigenvalue weighted by molar-refractivity contribution is 8.00. The molecule has 0 heterocycles. The van der Waals surface area contributed by atoms with Crippen molar-refractivity contribution in [2.75, 3.05) is 5.73 Å². The van der Waals surface area contributed by atoms with Crippen LogP contribution in [-0.4, -0.2) is 5.25 Å². The van der Waals surface area contributed by atoms with Gasteiger partial charge in [0.25, 0.3) is 0 Å². The lowest BCUT2D eigenvalue weighted by atomic mass is 9.87. The molecule has 1 fully saturated rings. The van der Waals surface area contributed by atoms with Gasteiger partial charge in [0.1, 0.15) is 0 Å². The van der Waals surface area contributed by atoms with E-state index >= 15 is 0 Å². The summed E-state index contributed by atoms with van der Waals surface area (Å²) in [6.45, 7) is 2.30. The molecule has 0 unspecified atom stereocenters. The molecule has 0 atom stereocenters. The monoisotopic (exact) mass is 269 g/mol. The second kappa shape index (κ2) is 6.01. The zero-order valence-corrected chi connectivity index (χ0v) is 11.9. The van der Waals surface area contributed by atoms with Crippen LogP contribution in [-0.2, 0) is 0 Å². The van der Waals surface area contributed by atoms with E-state index in [0.29, 0.717) is 0 Å². The van der Waals surface area contributed by atoms with Crippen LogP contribution in [0.3, 0.4) is 0 Å². The highest BCUT2D eigenvalue weighted by atomic mass is 35.5. The maximum absolute atomic E-state index is 6.01. The predicted molar refractivity (Wildman–Crippen MR) is 77.8 cm³/mol. The Balaban J connectivity index is 1.95. The van der Waals surface area contributed by atoms with Crippen LogP contribution in [0.25, 0.3) is 0 Å². The summed E-state index contributed by atoms with van der Waals surface area (Å²) < 4.78 is 0. The van der Waals surface area contributed by atoms with E-state index < -0.39 is 0 Å². The average Bonchev–Trinajstić information content (AvgIpc) is 2.35. The third-order valence-corrected chi connectivity index (χ3v) is 5.29. The number of thioether (sulfide) groups is 1. The van der Waals surface area contributed by atoms with Crippen molar-refractivity contribution < 1.29 is 0 Å². The largest absolute Gasteiger partial charge is 0.398 e. The molecule has 2 rings (SSSR count). The smallest absolute Gasteiger partial charge is 0.0453 e. The highest BCUT2D eigenvalue weighted by Gasteiger charge is 2.21. The van der Waals surface area contributed by atoms with Gasteiger partial charge in [-0.15, -0.1) is 11.8 Å². The molecule has 2 N–H and O–H groups in total. The highest BCUT2D eigenvalue weighted by Crippen LogP contribution is 2.39. The van der Waals surface area contributed by atoms with Crippen molar-refractivity contribution in [2.45, 2.75) is 49.2 Å². The van der Waals surface area contributed by atoms with E-state index in [1.165, 1.54) is 32.1 Å². The Morgan fingerprint density at radius 3 is 2.65 bits per heavy atom. The van der Waals surface area contributed by atoms with Crippen LogP contribution in [0.4, 0.5) is 5.69 Å². The Kier molecular flexibility index (Phi) is 4.63. The summed E-state index contributed by atoms with van der Waals surface area (Å²) in [7, 11) is 0. The fraction of sp³-hybridized carbons (Fsp3) is 0.571. The van der Waals surface area contributed by atoms with Crippen molar-refractivity contribution in [2.24, 2.45) is 5.92 Å². The number of nitrogens with two attached hydrogens (primary N) is 1. The second-order valence-electron chi connectivity index (χ2n) is 4.85. The minimum absolute atomic E-state index is 0.721. The van der Waals surface area contributed by atoms with Gasteiger partial charge in [-0.1, -0.05) is 24.9 Å². The number of nitrogen functional groups attached to an aromatic ring is 1. The number of rotatable bonds is 3. The Bertz CT molecular complexity index is 372. The maximum Gasteiger partial charge on any atom is 0.0453 e. The Morgan fingerprint density at radius 1 is 1.29 bits per heavy atom. The predicted octanol–water partition coefficient (Wildman–Crippen LogP) is 4.98. The molecule has 0 spiro atoms. The summed E-state index contributed by atoms with van der Waals surface area (Å²) in [5, 5.41) is 1.50. The molecule has 1 aromatic rings. The normalized spacial score (nSPS) is 24.8. The lowest BCUT2D eigenvalue weighted by molar-refractivity contribution is 0.356. The lowest BCUT2D eigenvalue weighted by Crippen LogP contribution is -2.15. The molecule has 0 radical (unpaired) electrons. The van der Waals surface area contributed by atoms with Crippen LogP contribution >= 0.6 is 23.4 Å². The van der Waals surface area contributed by atoms with Gasteiger partial charge in [0.2, 0.25) is 0 Å². The van der Waals surface area contributed by atoms with Gasteiger partial charge in [0.05, 0.1) is 0 Å². The van der Waals surface area contributed by atoms with Crippen LogP contribution in [0.1, 0.15) is 39.0 Å². The van der Waals surface area contributed by atoms with E-state index in [2.05, 4.69) is 6.92 Å². The molecule has 0 saturated heterocycles. The molecule has 94 valence electrons. The quantitative estimate of drug-likeness (QED) is 0.783. The van der Waals surface area contributed by atoms with Crippen molar-refractivity contribution in [3.8, 4) is 0 Å². The van der Waals surface area contributed by atoms with Gasteiger partial charge in [-0.05, 0) is 49.8 Å². The zero-order valence-electron chi connectivity index (χ0n) is 10.3. The summed E-state index contributed by atoms with van der Waals surface area (Å²) in [4.78, 5) is 1.15. The Labute approximate surface area is 113 Å². The molecule has 1 aliphatic rings. The molecule has 1 nitrogen and oxygen atoms in total. The van der Waals surface area contributed by atoms with Crippen molar-refractivity contribution >= 4 is 29.1 Å². The fourth-order valence-corrected chi connectivity index (χ4v) is 3.95. The van der Waals surface area contributed by atoms with Crippen LogP contribution in [0.5, 0.6) is 0 Å². The van der Waals surface area contributed by atoms with E-state index in [0.717, 1.165) is 26.8 Å². The Morgan fingerprint density at radius 2 is 2.00 bits per heavy atom. The average molecular weight is 270 g/mol. The summed E-state index contributed by atoms with van der Waals surface area (Å²) in [6, 6.07) is 5.75. The van der Waals surface area contributed by atoms with Gasteiger partial charge in [0.15, 0.2) is 0 Å². The molecule has 17 heavy (non-hydrogen) atoms. The van der Waals surface area contributed by atoms with Crippen molar-refractivity contribution in [3.05, 3.63) is 23.2 Å². The van der Waals surface area contributed by atoms with Crippen LogP contribution in [0.15, 0.2) is 23.1 Å². The third kappa shape index (κ3) is 3.56. The zero-order chi connectivity index (χ0) is 12.3. The molecule has 0 amide bonds. The molecule has 0 aromatic heterocycles. The summed E-state index contributed by atoms with van der Waals surface area (Å²) in [5.74, 6) is 0.948. The second-order valence-corrected chi connectivity index (χ2v) is 6.63. The first-order valence-electron chi connectivity index (χ1n) is 6.40. The standard InChI is InChI=1S/C14H20ClNS/c1-2-10-3-6-12(7-4-10)17-14-9-11(15)5-8-13(14)16/h5,8-10,12H,2-4,6-7,16H2,1H3. The van der Waals surface area contributed by atoms with E-state index in [4.69, 9.17) is 17.3 Å². The maximum atomic E-state index is 6.01. The Hall–Kier alpha value is -0.340. The number of anilines is 1.